The minimum atomic E-state index is -1.10. The molecule has 0 aromatic rings. The normalized spacial score (nSPS) is 20.2. The van der Waals surface area contributed by atoms with Gasteiger partial charge in [0, 0.05) is 0 Å². The van der Waals surface area contributed by atoms with Crippen molar-refractivity contribution >= 4 is 34.9 Å². The third-order valence-corrected chi connectivity index (χ3v) is 3.24. The zero-order chi connectivity index (χ0) is 6.69. The molecule has 9 heavy (non-hydrogen) atoms. The molecule has 0 amide bonds. The number of rotatable bonds is 1. The second-order valence-electron chi connectivity index (χ2n) is 2.50. The van der Waals surface area contributed by atoms with Gasteiger partial charge in [-0.25, -0.2) is 0 Å². The van der Waals surface area contributed by atoms with Crippen LogP contribution in [0.2, 0.25) is 0 Å². The Labute approximate surface area is 66.8 Å². The Hall–Kier alpha value is 0.667. The smallest absolute Gasteiger partial charge is 0.118 e. The van der Waals surface area contributed by atoms with Crippen LogP contribution in [-0.2, 0) is 0 Å². The van der Waals surface area contributed by atoms with Gasteiger partial charge in [0.2, 0.25) is 7.03 Å². The highest BCUT2D eigenvalue weighted by Gasteiger charge is 2.12. The van der Waals surface area contributed by atoms with Crippen LogP contribution in [0.15, 0.2) is 0 Å². The Bertz CT molecular complexity index is 112. The lowest BCUT2D eigenvalue weighted by Gasteiger charge is -1.97. The fourth-order valence-corrected chi connectivity index (χ4v) is 3.06. The quantitative estimate of drug-likeness (QED) is 0.430. The summed E-state index contributed by atoms with van der Waals surface area (Å²) < 4.78 is 0. The fourth-order valence-electron chi connectivity index (χ4n) is 1.30. The maximum atomic E-state index is 5.67. The summed E-state index contributed by atoms with van der Waals surface area (Å²) in [5.74, 6) is 0.744. The second kappa shape index (κ2) is 3.74. The van der Waals surface area contributed by atoms with Crippen LogP contribution >= 0.6 is 22.2 Å². The Balaban J connectivity index is 2.35. The molecule has 0 N–H and O–H groups in total. The van der Waals surface area contributed by atoms with Crippen LogP contribution in [0.5, 0.6) is 0 Å². The molecule has 1 rings (SSSR count). The van der Waals surface area contributed by atoms with Gasteiger partial charge in [0.1, 0.15) is 0 Å². The molecular weight excluding hydrogens is 171 g/mol. The van der Waals surface area contributed by atoms with Gasteiger partial charge in [-0.3, -0.25) is 0 Å². The molecule has 0 saturated heterocycles. The van der Waals surface area contributed by atoms with Crippen molar-refractivity contribution in [2.45, 2.75) is 25.7 Å². The van der Waals surface area contributed by atoms with Crippen molar-refractivity contribution in [1.82, 2.24) is 0 Å². The van der Waals surface area contributed by atoms with Crippen LogP contribution in [0, 0.1) is 5.92 Å². The van der Waals surface area contributed by atoms with Gasteiger partial charge >= 0.3 is 0 Å². The highest BCUT2D eigenvalue weighted by molar-refractivity contribution is 7.34. The summed E-state index contributed by atoms with van der Waals surface area (Å²) in [5, 5.41) is 0. The van der Waals surface area contributed by atoms with Gasteiger partial charge in [-0.1, -0.05) is 18.5 Å². The van der Waals surface area contributed by atoms with Crippen molar-refractivity contribution in [3.05, 3.63) is 0 Å². The topological polar surface area (TPSA) is 0 Å². The molecule has 0 unspecified atom stereocenters. The van der Waals surface area contributed by atoms with Gasteiger partial charge in [0.05, 0.1) is 0 Å². The van der Waals surface area contributed by atoms with Crippen LogP contribution < -0.4 is 0 Å². The summed E-state index contributed by atoms with van der Waals surface area (Å²) >= 11 is 11.3. The van der Waals surface area contributed by atoms with Crippen molar-refractivity contribution in [3.63, 3.8) is 0 Å². The van der Waals surface area contributed by atoms with Crippen LogP contribution in [0.25, 0.3) is 0 Å². The van der Waals surface area contributed by atoms with Crippen LogP contribution in [0.4, 0.5) is 0 Å². The van der Waals surface area contributed by atoms with Crippen LogP contribution in [-0.4, -0.2) is 12.7 Å². The summed E-state index contributed by atoms with van der Waals surface area (Å²) in [6, 6.07) is 0. The summed E-state index contributed by atoms with van der Waals surface area (Å²) in [6.45, 7) is 0. The highest BCUT2D eigenvalue weighted by atomic mass is 35.7. The van der Waals surface area contributed by atoms with E-state index in [-0.39, 0.29) is 0 Å². The lowest BCUT2D eigenvalue weighted by atomic mass is 10.1. The minimum absolute atomic E-state index is 0.744. The summed E-state index contributed by atoms with van der Waals surface area (Å²) in [6.07, 6.45) is 5.36. The van der Waals surface area contributed by atoms with Crippen molar-refractivity contribution in [3.8, 4) is 0 Å². The zero-order valence-corrected chi connectivity index (χ0v) is 7.75. The summed E-state index contributed by atoms with van der Waals surface area (Å²) in [5.41, 5.74) is 2.14. The number of hydrogen-bond acceptors (Lipinski definition) is 0. The van der Waals surface area contributed by atoms with Gasteiger partial charge in [-0.15, -0.1) is 22.2 Å². The molecule has 3 heteroatoms. The molecule has 52 valence electrons. The predicted octanol–water partition coefficient (Wildman–Crippen LogP) is 2.53. The lowest BCUT2D eigenvalue weighted by Crippen LogP contribution is -1.99. The molecule has 0 radical (unpaired) electrons. The molecule has 0 bridgehead atoms. The van der Waals surface area contributed by atoms with E-state index in [0.29, 0.717) is 0 Å². The van der Waals surface area contributed by atoms with Gasteiger partial charge in [0.25, 0.3) is 0 Å². The molecule has 0 heterocycles. The maximum absolute atomic E-state index is 5.67. The first-order valence-corrected chi connectivity index (χ1v) is 6.92. The van der Waals surface area contributed by atoms with Gasteiger partial charge in [-0.2, -0.15) is 0 Å². The van der Waals surface area contributed by atoms with Crippen molar-refractivity contribution in [2.75, 3.05) is 0 Å². The summed E-state index contributed by atoms with van der Waals surface area (Å²) in [4.78, 5) is 0. The van der Waals surface area contributed by atoms with Crippen LogP contribution in [0.3, 0.4) is 0 Å². The average Bonchev–Trinajstić information content (AvgIpc) is 2.15. The molecule has 0 aromatic carbocycles. The Morgan fingerprint density at radius 2 is 1.78 bits per heavy atom. The number of halogens is 2. The lowest BCUT2D eigenvalue weighted by molar-refractivity contribution is 0.752. The predicted molar refractivity (Wildman–Crippen MR) is 45.5 cm³/mol. The van der Waals surface area contributed by atoms with Crippen molar-refractivity contribution < 1.29 is 0 Å². The van der Waals surface area contributed by atoms with E-state index in [1.54, 1.807) is 0 Å². The SMILES string of the molecule is Cl[Si](Cl)=CC1CCCC1. The highest BCUT2D eigenvalue weighted by Crippen LogP contribution is 2.22. The zero-order valence-electron chi connectivity index (χ0n) is 5.24. The van der Waals surface area contributed by atoms with Crippen molar-refractivity contribution in [2.24, 2.45) is 5.92 Å². The van der Waals surface area contributed by atoms with Crippen molar-refractivity contribution in [1.29, 1.82) is 0 Å². The van der Waals surface area contributed by atoms with Crippen LogP contribution in [0.1, 0.15) is 25.7 Å². The Kier molecular flexibility index (Phi) is 3.23. The molecule has 1 aliphatic carbocycles. The maximum Gasteiger partial charge on any atom is 0.228 e. The Morgan fingerprint density at radius 3 is 2.22 bits per heavy atom. The van der Waals surface area contributed by atoms with E-state index in [4.69, 9.17) is 22.2 Å². The summed E-state index contributed by atoms with van der Waals surface area (Å²) in [7, 11) is -1.10. The first kappa shape index (κ1) is 7.77. The Morgan fingerprint density at radius 1 is 1.22 bits per heavy atom. The first-order chi connectivity index (χ1) is 4.29. The van der Waals surface area contributed by atoms with E-state index in [1.807, 2.05) is 0 Å². The molecular formula is C6H10Cl2Si. The molecule has 0 spiro atoms. The van der Waals surface area contributed by atoms with E-state index in [0.717, 1.165) is 5.92 Å². The van der Waals surface area contributed by atoms with Gasteiger partial charge < -0.3 is 0 Å². The average molecular weight is 181 g/mol. The molecule has 0 aromatic heterocycles. The molecule has 0 atom stereocenters. The van der Waals surface area contributed by atoms with E-state index in [2.05, 4.69) is 5.67 Å². The third kappa shape index (κ3) is 2.83. The molecule has 0 nitrogen and oxygen atoms in total. The minimum Gasteiger partial charge on any atom is -0.118 e. The monoisotopic (exact) mass is 180 g/mol. The second-order valence-corrected chi connectivity index (χ2v) is 6.44. The van der Waals surface area contributed by atoms with E-state index in [1.165, 1.54) is 25.7 Å². The number of hydrogen-bond donors (Lipinski definition) is 0. The largest absolute Gasteiger partial charge is 0.228 e. The van der Waals surface area contributed by atoms with Gasteiger partial charge in [-0.05, 0) is 18.8 Å². The van der Waals surface area contributed by atoms with E-state index in [9.17, 15) is 0 Å². The van der Waals surface area contributed by atoms with E-state index >= 15 is 0 Å². The molecule has 1 fully saturated rings. The van der Waals surface area contributed by atoms with Gasteiger partial charge in [0.15, 0.2) is 0 Å². The third-order valence-electron chi connectivity index (χ3n) is 1.76. The molecule has 1 aliphatic rings. The first-order valence-electron chi connectivity index (χ1n) is 3.32. The molecule has 1 saturated carbocycles. The standard InChI is InChI=1S/C6H10Cl2Si/c7-9(8)5-6-3-1-2-4-6/h5-6H,1-4H2. The molecule has 0 aliphatic heterocycles. The fraction of sp³-hybridized carbons (Fsp3) is 0.833. The van der Waals surface area contributed by atoms with E-state index < -0.39 is 7.03 Å².